The average molecular weight is 514 g/mol. The van der Waals surface area contributed by atoms with Crippen LogP contribution >= 0.6 is 0 Å². The largest absolute Gasteiger partial charge is 0.516 e. The Kier molecular flexibility index (Phi) is 7.03. The van der Waals surface area contributed by atoms with E-state index in [4.69, 9.17) is 4.74 Å². The molecule has 3 rings (SSSR count). The number of amides is 1. The van der Waals surface area contributed by atoms with Gasteiger partial charge in [0.1, 0.15) is 5.75 Å². The van der Waals surface area contributed by atoms with Crippen molar-refractivity contribution in [2.45, 2.75) is 21.7 Å². The Morgan fingerprint density at radius 1 is 0.853 bits per heavy atom. The monoisotopic (exact) mass is 513 g/mol. The topological polar surface area (TPSA) is 107 Å². The minimum atomic E-state index is -5.91. The fourth-order valence-corrected chi connectivity index (χ4v) is 5.04. The van der Waals surface area contributed by atoms with Gasteiger partial charge in [-0.3, -0.25) is 4.79 Å². The first-order valence-electron chi connectivity index (χ1n) is 9.54. The quantitative estimate of drug-likeness (QED) is 0.516. The van der Waals surface area contributed by atoms with Gasteiger partial charge in [-0.1, -0.05) is 42.5 Å². The van der Waals surface area contributed by atoms with Crippen LogP contribution in [0, 0.1) is 0 Å². The Morgan fingerprint density at radius 2 is 1.38 bits per heavy atom. The van der Waals surface area contributed by atoms with Crippen molar-refractivity contribution in [1.82, 2.24) is 4.72 Å². The zero-order valence-corrected chi connectivity index (χ0v) is 19.2. The third kappa shape index (κ3) is 5.39. The number of ether oxygens (including phenoxy) is 1. The van der Waals surface area contributed by atoms with Crippen molar-refractivity contribution in [2.24, 2.45) is 0 Å². The third-order valence-electron chi connectivity index (χ3n) is 4.75. The van der Waals surface area contributed by atoms with Gasteiger partial charge in [0.25, 0.3) is 0 Å². The fourth-order valence-electron chi connectivity index (χ4n) is 3.07. The highest BCUT2D eigenvalue weighted by Gasteiger charge is 2.47. The lowest BCUT2D eigenvalue weighted by atomic mass is 10.1. The molecule has 3 aromatic rings. The highest BCUT2D eigenvalue weighted by Crippen LogP contribution is 2.28. The van der Waals surface area contributed by atoms with E-state index in [1.807, 2.05) is 0 Å². The first-order chi connectivity index (χ1) is 15.8. The van der Waals surface area contributed by atoms with Crippen LogP contribution in [-0.4, -0.2) is 35.4 Å². The number of sulfonamides is 1. The predicted octanol–water partition coefficient (Wildman–Crippen LogP) is 3.70. The summed E-state index contributed by atoms with van der Waals surface area (Å²) in [4.78, 5) is 11.5. The van der Waals surface area contributed by atoms with E-state index in [-0.39, 0.29) is 15.4 Å². The maximum Gasteiger partial charge on any atom is 0.516 e. The number of halogens is 3. The van der Waals surface area contributed by atoms with E-state index in [0.29, 0.717) is 5.75 Å². The van der Waals surface area contributed by atoms with Gasteiger partial charge in [-0.05, 0) is 47.0 Å². The van der Waals surface area contributed by atoms with Gasteiger partial charge in [0.05, 0.1) is 23.3 Å². The van der Waals surface area contributed by atoms with Crippen molar-refractivity contribution in [2.75, 3.05) is 7.11 Å². The van der Waals surface area contributed by atoms with Gasteiger partial charge >= 0.3 is 15.5 Å². The van der Waals surface area contributed by atoms with Gasteiger partial charge < -0.3 is 4.74 Å². The molecule has 180 valence electrons. The molecule has 0 atom stereocenters. The summed E-state index contributed by atoms with van der Waals surface area (Å²) in [6.07, 6.45) is -0.894. The minimum absolute atomic E-state index is 0.111. The molecule has 34 heavy (non-hydrogen) atoms. The van der Waals surface area contributed by atoms with Gasteiger partial charge in [0.2, 0.25) is 15.7 Å². The zero-order valence-electron chi connectivity index (χ0n) is 17.5. The Hall–Kier alpha value is -3.38. The second-order valence-corrected chi connectivity index (χ2v) is 10.6. The van der Waals surface area contributed by atoms with E-state index in [9.17, 15) is 34.8 Å². The van der Waals surface area contributed by atoms with Crippen LogP contribution in [-0.2, 0) is 31.1 Å². The number of nitrogens with one attached hydrogen (secondary N) is 1. The number of hydrogen-bond acceptors (Lipinski definition) is 6. The van der Waals surface area contributed by atoms with E-state index in [2.05, 4.69) is 0 Å². The number of alkyl halides is 3. The summed E-state index contributed by atoms with van der Waals surface area (Å²) in [5.74, 6) is -0.860. The average Bonchev–Trinajstić information content (AvgIpc) is 2.78. The molecule has 0 aliphatic heterocycles. The molecule has 3 aromatic carbocycles. The molecule has 0 aliphatic carbocycles. The lowest BCUT2D eigenvalue weighted by molar-refractivity contribution is -0.119. The molecule has 0 radical (unpaired) electrons. The van der Waals surface area contributed by atoms with E-state index in [1.54, 1.807) is 36.4 Å². The van der Waals surface area contributed by atoms with Crippen LogP contribution in [0.15, 0.2) is 82.6 Å². The third-order valence-corrected chi connectivity index (χ3v) is 7.73. The molecule has 7 nitrogen and oxygen atoms in total. The molecule has 0 saturated carbocycles. The molecule has 0 fully saturated rings. The summed E-state index contributed by atoms with van der Waals surface area (Å²) >= 11 is 0. The summed E-state index contributed by atoms with van der Waals surface area (Å²) < 4.78 is 92.2. The molecule has 1 amide bonds. The van der Waals surface area contributed by atoms with Gasteiger partial charge in [-0.15, -0.1) is 0 Å². The van der Waals surface area contributed by atoms with Crippen molar-refractivity contribution >= 4 is 25.8 Å². The smallest absolute Gasteiger partial charge is 0.497 e. The Bertz CT molecular complexity index is 1400. The first-order valence-corrected chi connectivity index (χ1v) is 12.5. The first kappa shape index (κ1) is 25.2. The number of carbonyl (C=O) groups excluding carboxylic acids is 1. The van der Waals surface area contributed by atoms with Crippen molar-refractivity contribution in [3.8, 4) is 16.9 Å². The van der Waals surface area contributed by atoms with Gasteiger partial charge in [-0.2, -0.15) is 21.6 Å². The Balaban J connectivity index is 1.88. The normalized spacial score (nSPS) is 12.2. The maximum atomic E-state index is 13.2. The van der Waals surface area contributed by atoms with Crippen LogP contribution < -0.4 is 9.46 Å². The second kappa shape index (κ2) is 9.47. The van der Waals surface area contributed by atoms with Crippen LogP contribution in [0.2, 0.25) is 0 Å². The Labute approximate surface area is 194 Å². The molecular weight excluding hydrogens is 495 g/mol. The SMILES string of the molecule is COc1ccc(-c2ccc(S(=O)(=O)c3ccccc3CC(=O)NS(=O)(=O)C(F)(F)F)cc2)cc1. The van der Waals surface area contributed by atoms with Crippen molar-refractivity contribution in [3.63, 3.8) is 0 Å². The van der Waals surface area contributed by atoms with Crippen LogP contribution in [0.1, 0.15) is 5.56 Å². The van der Waals surface area contributed by atoms with Gasteiger partial charge in [0, 0.05) is 0 Å². The molecule has 0 spiro atoms. The molecule has 0 heterocycles. The van der Waals surface area contributed by atoms with Crippen LogP contribution in [0.4, 0.5) is 13.2 Å². The Morgan fingerprint density at radius 3 is 1.91 bits per heavy atom. The lowest BCUT2D eigenvalue weighted by Crippen LogP contribution is -2.41. The zero-order chi connectivity index (χ0) is 25.1. The van der Waals surface area contributed by atoms with E-state index in [1.165, 1.54) is 43.5 Å². The maximum absolute atomic E-state index is 13.2. The minimum Gasteiger partial charge on any atom is -0.497 e. The number of benzene rings is 3. The van der Waals surface area contributed by atoms with Gasteiger partial charge in [-0.25, -0.2) is 13.1 Å². The molecular formula is C22H18F3NO6S2. The van der Waals surface area contributed by atoms with E-state index in [0.717, 1.165) is 15.8 Å². The molecule has 0 unspecified atom stereocenters. The van der Waals surface area contributed by atoms with E-state index >= 15 is 0 Å². The number of sulfone groups is 1. The van der Waals surface area contributed by atoms with Crippen molar-refractivity contribution in [3.05, 3.63) is 78.4 Å². The highest BCUT2D eigenvalue weighted by atomic mass is 32.2. The van der Waals surface area contributed by atoms with Crippen LogP contribution in [0.25, 0.3) is 11.1 Å². The summed E-state index contributed by atoms with van der Waals surface area (Å²) in [6, 6.07) is 18.2. The summed E-state index contributed by atoms with van der Waals surface area (Å²) in [6.45, 7) is 0. The molecule has 0 bridgehead atoms. The fraction of sp³-hybridized carbons (Fsp3) is 0.136. The van der Waals surface area contributed by atoms with Crippen molar-refractivity contribution < 1.29 is 39.5 Å². The number of methoxy groups -OCH3 is 1. The molecule has 0 aliphatic rings. The second-order valence-electron chi connectivity index (χ2n) is 7.02. The highest BCUT2D eigenvalue weighted by molar-refractivity contribution is 7.91. The predicted molar refractivity (Wildman–Crippen MR) is 117 cm³/mol. The summed E-state index contributed by atoms with van der Waals surface area (Å²) in [7, 11) is -8.55. The number of hydrogen-bond donors (Lipinski definition) is 1. The van der Waals surface area contributed by atoms with Crippen LogP contribution in [0.5, 0.6) is 5.75 Å². The van der Waals surface area contributed by atoms with Crippen molar-refractivity contribution in [1.29, 1.82) is 0 Å². The van der Waals surface area contributed by atoms with Crippen LogP contribution in [0.3, 0.4) is 0 Å². The lowest BCUT2D eigenvalue weighted by Gasteiger charge is -2.13. The molecule has 12 heteroatoms. The molecule has 1 N–H and O–H groups in total. The molecule has 0 aromatic heterocycles. The standard InChI is InChI=1S/C22H18F3NO6S2/c1-32-18-10-6-15(7-11-18)16-8-12-19(13-9-16)33(28,29)20-5-3-2-4-17(20)14-21(27)26-34(30,31)22(23,24)25/h2-13H,14H2,1H3,(H,26,27). The van der Waals surface area contributed by atoms with Gasteiger partial charge in [0.15, 0.2) is 0 Å². The summed E-state index contributed by atoms with van der Waals surface area (Å²) in [5.41, 5.74) is -4.30. The number of rotatable bonds is 7. The van der Waals surface area contributed by atoms with E-state index < -0.39 is 37.7 Å². The summed E-state index contributed by atoms with van der Waals surface area (Å²) in [5, 5.41) is 0. The number of carbonyl (C=O) groups is 1. The molecule has 0 saturated heterocycles.